The van der Waals surface area contributed by atoms with Crippen LogP contribution in [0.1, 0.15) is 10.4 Å². The molecule has 0 aromatic heterocycles. The van der Waals surface area contributed by atoms with Gasteiger partial charge in [0.05, 0.1) is 17.6 Å². The summed E-state index contributed by atoms with van der Waals surface area (Å²) in [5, 5.41) is 4.19. The Morgan fingerprint density at radius 2 is 1.12 bits per heavy atom. The molecule has 1 N–H and O–H groups in total. The Bertz CT molecular complexity index is 1180. The van der Waals surface area contributed by atoms with Crippen LogP contribution in [-0.4, -0.2) is 26.0 Å². The molecule has 7 heteroatoms. The smallest absolute Gasteiger partial charge is 0.337 e. The van der Waals surface area contributed by atoms with E-state index < -0.39 is 24.0 Å². The third-order valence-electron chi connectivity index (χ3n) is 4.60. The number of rotatable bonds is 5. The molecule has 5 nitrogen and oxygen atoms in total. The zero-order valence-electron chi connectivity index (χ0n) is 17.9. The molecule has 0 radical (unpaired) electrons. The van der Waals surface area contributed by atoms with Gasteiger partial charge in [-0.1, -0.05) is 97.1 Å². The Balaban J connectivity index is 0.000000196. The molecule has 0 aliphatic carbocycles. The van der Waals surface area contributed by atoms with Crippen molar-refractivity contribution >= 4 is 39.9 Å². The molecule has 0 saturated carbocycles. The fourth-order valence-electron chi connectivity index (χ4n) is 3.08. The fraction of sp³-hybridized carbons (Fsp3) is 0.0385. The Morgan fingerprint density at radius 1 is 0.697 bits per heavy atom. The van der Waals surface area contributed by atoms with E-state index in [1.807, 2.05) is 0 Å². The summed E-state index contributed by atoms with van der Waals surface area (Å²) in [6.07, 6.45) is 0. The molecule has 0 saturated heterocycles. The first-order valence-corrected chi connectivity index (χ1v) is 12.8. The quantitative estimate of drug-likeness (QED) is 0.265. The Kier molecular flexibility index (Phi) is 8.50. The van der Waals surface area contributed by atoms with Crippen LogP contribution < -0.4 is 15.9 Å². The van der Waals surface area contributed by atoms with Gasteiger partial charge in [-0.3, -0.25) is 4.55 Å². The molecule has 33 heavy (non-hydrogen) atoms. The molecule has 0 atom stereocenters. The molecule has 0 fully saturated rings. The third-order valence-corrected chi connectivity index (χ3v) is 7.89. The molecule has 0 amide bonds. The van der Waals surface area contributed by atoms with Crippen LogP contribution in [0.4, 0.5) is 0 Å². The van der Waals surface area contributed by atoms with Gasteiger partial charge in [0.2, 0.25) is 0 Å². The minimum absolute atomic E-state index is 0.0719. The average Bonchev–Trinajstić information content (AvgIpc) is 2.86. The van der Waals surface area contributed by atoms with E-state index in [4.69, 9.17) is 4.55 Å². The van der Waals surface area contributed by atoms with E-state index in [1.165, 1.54) is 41.2 Å². The lowest BCUT2D eigenvalue weighted by atomic mass is 10.2. The van der Waals surface area contributed by atoms with Crippen molar-refractivity contribution in [2.45, 2.75) is 4.90 Å². The predicted octanol–water partition coefficient (Wildman–Crippen LogP) is 4.16. The van der Waals surface area contributed by atoms with E-state index in [0.717, 1.165) is 6.07 Å². The third kappa shape index (κ3) is 6.83. The van der Waals surface area contributed by atoms with Gasteiger partial charge in [0.15, 0.2) is 0 Å². The standard InChI is InChI=1S/C18H15P.C8H8O5S/c1-4-10-16(11-5-1)19(17-12-6-2-7-13-17)18-14-8-3-9-15-18;1-13-8(9)6-3-2-4-7(5-6)14(10,11)12/h1-15H;2-5H,1H3,(H,10,11,12). The van der Waals surface area contributed by atoms with Crippen molar-refractivity contribution in [3.05, 3.63) is 121 Å². The van der Waals surface area contributed by atoms with Gasteiger partial charge < -0.3 is 4.74 Å². The molecule has 4 aromatic carbocycles. The van der Waals surface area contributed by atoms with Gasteiger partial charge in [0, 0.05) is 0 Å². The van der Waals surface area contributed by atoms with Crippen molar-refractivity contribution in [3.8, 4) is 0 Å². The zero-order chi connectivity index (χ0) is 23.7. The monoisotopic (exact) mass is 478 g/mol. The topological polar surface area (TPSA) is 80.7 Å². The molecule has 0 spiro atoms. The van der Waals surface area contributed by atoms with Gasteiger partial charge in [-0.25, -0.2) is 4.79 Å². The van der Waals surface area contributed by atoms with Crippen LogP contribution in [-0.2, 0) is 14.9 Å². The van der Waals surface area contributed by atoms with Gasteiger partial charge in [-0.15, -0.1) is 0 Å². The number of carbonyl (C=O) groups is 1. The number of benzene rings is 4. The minimum atomic E-state index is -4.27. The fourth-order valence-corrected chi connectivity index (χ4v) is 5.91. The summed E-state index contributed by atoms with van der Waals surface area (Å²) in [7, 11) is -3.54. The second-order valence-electron chi connectivity index (χ2n) is 6.84. The van der Waals surface area contributed by atoms with Gasteiger partial charge in [-0.05, 0) is 42.0 Å². The van der Waals surface area contributed by atoms with Crippen LogP contribution in [0.3, 0.4) is 0 Å². The van der Waals surface area contributed by atoms with Gasteiger partial charge in [-0.2, -0.15) is 8.42 Å². The highest BCUT2D eigenvalue weighted by atomic mass is 32.2. The summed E-state index contributed by atoms with van der Waals surface area (Å²) >= 11 is 0. The largest absolute Gasteiger partial charge is 0.465 e. The van der Waals surface area contributed by atoms with Crippen molar-refractivity contribution < 1.29 is 22.5 Å². The van der Waals surface area contributed by atoms with Crippen LogP contribution >= 0.6 is 7.92 Å². The van der Waals surface area contributed by atoms with E-state index >= 15 is 0 Å². The number of carbonyl (C=O) groups excluding carboxylic acids is 1. The molecular formula is C26H23O5PS. The van der Waals surface area contributed by atoms with Gasteiger partial charge in [0.25, 0.3) is 10.1 Å². The summed E-state index contributed by atoms with van der Waals surface area (Å²) in [5.41, 5.74) is 0.0719. The molecule has 0 unspecified atom stereocenters. The highest BCUT2D eigenvalue weighted by molar-refractivity contribution is 7.85. The first-order chi connectivity index (χ1) is 15.9. The van der Waals surface area contributed by atoms with E-state index in [-0.39, 0.29) is 10.5 Å². The van der Waals surface area contributed by atoms with E-state index in [1.54, 1.807) is 0 Å². The van der Waals surface area contributed by atoms with Crippen LogP contribution in [0.2, 0.25) is 0 Å². The second-order valence-corrected chi connectivity index (χ2v) is 10.5. The number of ether oxygens (including phenoxy) is 1. The van der Waals surface area contributed by atoms with Gasteiger partial charge >= 0.3 is 5.97 Å². The Morgan fingerprint density at radius 3 is 1.48 bits per heavy atom. The number of methoxy groups -OCH3 is 1. The maximum Gasteiger partial charge on any atom is 0.337 e. The molecule has 4 aromatic rings. The second kappa shape index (κ2) is 11.5. The van der Waals surface area contributed by atoms with Crippen LogP contribution in [0.5, 0.6) is 0 Å². The Hall–Kier alpha value is -3.31. The number of hydrogen-bond donors (Lipinski definition) is 1. The highest BCUT2D eigenvalue weighted by Gasteiger charge is 2.15. The summed E-state index contributed by atoms with van der Waals surface area (Å²) in [6.45, 7) is 0. The molecule has 0 bridgehead atoms. The molecule has 4 rings (SSSR count). The normalized spacial score (nSPS) is 10.8. The van der Waals surface area contributed by atoms with E-state index in [9.17, 15) is 13.2 Å². The first kappa shape index (κ1) is 24.3. The first-order valence-electron chi connectivity index (χ1n) is 10.0. The van der Waals surface area contributed by atoms with Crippen molar-refractivity contribution in [2.24, 2.45) is 0 Å². The minimum Gasteiger partial charge on any atom is -0.465 e. The molecule has 0 aliphatic heterocycles. The molecule has 0 aliphatic rings. The summed E-state index contributed by atoms with van der Waals surface area (Å²) in [4.78, 5) is 10.7. The van der Waals surface area contributed by atoms with E-state index in [0.29, 0.717) is 0 Å². The van der Waals surface area contributed by atoms with Crippen LogP contribution in [0.15, 0.2) is 120 Å². The zero-order valence-corrected chi connectivity index (χ0v) is 19.6. The van der Waals surface area contributed by atoms with Crippen molar-refractivity contribution in [1.29, 1.82) is 0 Å². The molecule has 0 heterocycles. The maximum absolute atomic E-state index is 11.0. The Labute approximate surface area is 195 Å². The summed E-state index contributed by atoms with van der Waals surface area (Å²) in [6, 6.07) is 37.3. The van der Waals surface area contributed by atoms with Crippen molar-refractivity contribution in [1.82, 2.24) is 0 Å². The van der Waals surface area contributed by atoms with Crippen molar-refractivity contribution in [3.63, 3.8) is 0 Å². The maximum atomic E-state index is 11.0. The van der Waals surface area contributed by atoms with Crippen LogP contribution in [0.25, 0.3) is 0 Å². The molecular weight excluding hydrogens is 455 g/mol. The van der Waals surface area contributed by atoms with Crippen molar-refractivity contribution in [2.75, 3.05) is 7.11 Å². The molecule has 168 valence electrons. The summed E-state index contributed by atoms with van der Waals surface area (Å²) in [5.74, 6) is -0.657. The lowest BCUT2D eigenvalue weighted by Gasteiger charge is -2.18. The SMILES string of the molecule is COC(=O)c1cccc(S(=O)(=O)O)c1.c1ccc(P(c2ccccc2)c2ccccc2)cc1. The van der Waals surface area contributed by atoms with Gasteiger partial charge in [0.1, 0.15) is 0 Å². The average molecular weight is 479 g/mol. The highest BCUT2D eigenvalue weighted by Crippen LogP contribution is 2.32. The number of esters is 1. The number of hydrogen-bond acceptors (Lipinski definition) is 4. The summed E-state index contributed by atoms with van der Waals surface area (Å²) < 4.78 is 34.5. The lowest BCUT2D eigenvalue weighted by Crippen LogP contribution is -2.20. The van der Waals surface area contributed by atoms with E-state index in [2.05, 4.69) is 95.7 Å². The predicted molar refractivity (Wildman–Crippen MR) is 133 cm³/mol. The lowest BCUT2D eigenvalue weighted by molar-refractivity contribution is 0.0600. The van der Waals surface area contributed by atoms with Crippen LogP contribution in [0, 0.1) is 0 Å².